The molecule has 14 heavy (non-hydrogen) atoms. The van der Waals surface area contributed by atoms with Crippen molar-refractivity contribution in [2.75, 3.05) is 13.2 Å². The molecule has 1 heterocycles. The molecule has 0 aliphatic rings. The van der Waals surface area contributed by atoms with Crippen LogP contribution in [0.15, 0.2) is 12.5 Å². The zero-order valence-corrected chi connectivity index (χ0v) is 8.19. The van der Waals surface area contributed by atoms with E-state index in [9.17, 15) is 4.79 Å². The van der Waals surface area contributed by atoms with Gasteiger partial charge in [-0.15, -0.1) is 0 Å². The Kier molecular flexibility index (Phi) is 3.84. The van der Waals surface area contributed by atoms with Gasteiger partial charge in [-0.25, -0.2) is 14.8 Å². The van der Waals surface area contributed by atoms with Crippen molar-refractivity contribution in [2.45, 2.75) is 13.8 Å². The zero-order valence-electron chi connectivity index (χ0n) is 8.19. The van der Waals surface area contributed by atoms with Crippen molar-refractivity contribution in [3.8, 4) is 5.88 Å². The van der Waals surface area contributed by atoms with Gasteiger partial charge >= 0.3 is 5.97 Å². The Hall–Kier alpha value is -1.65. The highest BCUT2D eigenvalue weighted by Crippen LogP contribution is 2.13. The number of esters is 1. The molecular weight excluding hydrogens is 184 g/mol. The fraction of sp³-hybridized carbons (Fsp3) is 0.444. The molecule has 0 atom stereocenters. The van der Waals surface area contributed by atoms with E-state index in [4.69, 9.17) is 9.47 Å². The van der Waals surface area contributed by atoms with E-state index in [1.54, 1.807) is 6.92 Å². The molecular formula is C9H12N2O3. The normalized spacial score (nSPS) is 9.57. The lowest BCUT2D eigenvalue weighted by Crippen LogP contribution is -2.09. The van der Waals surface area contributed by atoms with Crippen LogP contribution in [0.3, 0.4) is 0 Å². The first-order chi connectivity index (χ1) is 6.79. The van der Waals surface area contributed by atoms with Crippen LogP contribution < -0.4 is 4.74 Å². The highest BCUT2D eigenvalue weighted by molar-refractivity contribution is 5.91. The number of nitrogens with zero attached hydrogens (tertiary/aromatic N) is 2. The average Bonchev–Trinajstić information content (AvgIpc) is 2.19. The molecule has 5 heteroatoms. The first-order valence-corrected chi connectivity index (χ1v) is 4.39. The van der Waals surface area contributed by atoms with Crippen molar-refractivity contribution in [3.63, 3.8) is 0 Å². The van der Waals surface area contributed by atoms with Gasteiger partial charge in [0.15, 0.2) is 0 Å². The third-order valence-electron chi connectivity index (χ3n) is 1.45. The highest BCUT2D eigenvalue weighted by atomic mass is 16.5. The maximum absolute atomic E-state index is 11.4. The minimum atomic E-state index is -0.462. The van der Waals surface area contributed by atoms with E-state index < -0.39 is 5.97 Å². The molecule has 0 aromatic carbocycles. The lowest BCUT2D eigenvalue weighted by molar-refractivity contribution is 0.0520. The predicted octanol–water partition coefficient (Wildman–Crippen LogP) is 1.05. The molecule has 1 rings (SSSR count). The zero-order chi connectivity index (χ0) is 10.4. The van der Waals surface area contributed by atoms with E-state index in [-0.39, 0.29) is 11.4 Å². The number of rotatable bonds is 4. The van der Waals surface area contributed by atoms with Crippen LogP contribution in [-0.4, -0.2) is 29.2 Å². The summed E-state index contributed by atoms with van der Waals surface area (Å²) >= 11 is 0. The summed E-state index contributed by atoms with van der Waals surface area (Å²) in [6, 6.07) is 0. The van der Waals surface area contributed by atoms with Gasteiger partial charge in [-0.05, 0) is 13.8 Å². The molecule has 0 amide bonds. The van der Waals surface area contributed by atoms with E-state index in [1.807, 2.05) is 6.92 Å². The smallest absolute Gasteiger partial charge is 0.345 e. The molecule has 0 aliphatic heterocycles. The Bertz CT molecular complexity index is 315. The van der Waals surface area contributed by atoms with E-state index in [0.29, 0.717) is 13.2 Å². The topological polar surface area (TPSA) is 61.3 Å². The molecule has 0 unspecified atom stereocenters. The predicted molar refractivity (Wildman–Crippen MR) is 49.2 cm³/mol. The Morgan fingerprint density at radius 1 is 1.43 bits per heavy atom. The highest BCUT2D eigenvalue weighted by Gasteiger charge is 2.14. The van der Waals surface area contributed by atoms with Crippen molar-refractivity contribution in [2.24, 2.45) is 0 Å². The fourth-order valence-electron chi connectivity index (χ4n) is 0.919. The van der Waals surface area contributed by atoms with Gasteiger partial charge in [0, 0.05) is 6.20 Å². The summed E-state index contributed by atoms with van der Waals surface area (Å²) in [7, 11) is 0. The first kappa shape index (κ1) is 10.4. The molecule has 1 aromatic rings. The molecule has 0 fully saturated rings. The molecule has 0 radical (unpaired) electrons. The Balaban J connectivity index is 2.88. The standard InChI is InChI=1S/C9H12N2O3/c1-3-13-8-7(5-10-6-11-8)9(12)14-4-2/h5-6H,3-4H2,1-2H3. The van der Waals surface area contributed by atoms with E-state index in [2.05, 4.69) is 9.97 Å². The van der Waals surface area contributed by atoms with Gasteiger partial charge in [0.2, 0.25) is 5.88 Å². The SMILES string of the molecule is CCOC(=O)c1cncnc1OCC. The minimum Gasteiger partial charge on any atom is -0.477 e. The van der Waals surface area contributed by atoms with Crippen LogP contribution in [0.25, 0.3) is 0 Å². The third-order valence-corrected chi connectivity index (χ3v) is 1.45. The molecule has 0 N–H and O–H groups in total. The first-order valence-electron chi connectivity index (χ1n) is 4.39. The van der Waals surface area contributed by atoms with Gasteiger partial charge in [-0.2, -0.15) is 0 Å². The molecule has 76 valence electrons. The molecule has 1 aromatic heterocycles. The summed E-state index contributed by atoms with van der Waals surface area (Å²) in [5, 5.41) is 0. The Morgan fingerprint density at radius 2 is 2.21 bits per heavy atom. The van der Waals surface area contributed by atoms with Crippen molar-refractivity contribution in [1.29, 1.82) is 0 Å². The molecule has 0 saturated heterocycles. The molecule has 0 spiro atoms. The molecule has 0 saturated carbocycles. The van der Waals surface area contributed by atoms with Crippen LogP contribution in [0.2, 0.25) is 0 Å². The quantitative estimate of drug-likeness (QED) is 0.673. The van der Waals surface area contributed by atoms with Gasteiger partial charge in [0.05, 0.1) is 13.2 Å². The number of carbonyl (C=O) groups is 1. The lowest BCUT2D eigenvalue weighted by Gasteiger charge is -2.06. The number of aromatic nitrogens is 2. The maximum Gasteiger partial charge on any atom is 0.345 e. The second kappa shape index (κ2) is 5.16. The number of carbonyl (C=O) groups excluding carboxylic acids is 1. The van der Waals surface area contributed by atoms with E-state index >= 15 is 0 Å². The third kappa shape index (κ3) is 2.42. The second-order valence-electron chi connectivity index (χ2n) is 2.40. The van der Waals surface area contributed by atoms with Crippen LogP contribution in [0, 0.1) is 0 Å². The lowest BCUT2D eigenvalue weighted by atomic mass is 10.3. The van der Waals surface area contributed by atoms with Crippen LogP contribution >= 0.6 is 0 Å². The van der Waals surface area contributed by atoms with Crippen molar-refractivity contribution in [1.82, 2.24) is 9.97 Å². The molecule has 0 bridgehead atoms. The monoisotopic (exact) mass is 196 g/mol. The summed E-state index contributed by atoms with van der Waals surface area (Å²) in [5.74, 6) is -0.197. The summed E-state index contributed by atoms with van der Waals surface area (Å²) in [4.78, 5) is 18.9. The van der Waals surface area contributed by atoms with Gasteiger partial charge in [0.25, 0.3) is 0 Å². The van der Waals surface area contributed by atoms with Crippen molar-refractivity contribution < 1.29 is 14.3 Å². The fourth-order valence-corrected chi connectivity index (χ4v) is 0.919. The van der Waals surface area contributed by atoms with Crippen LogP contribution in [0.4, 0.5) is 0 Å². The van der Waals surface area contributed by atoms with Gasteiger partial charge in [0.1, 0.15) is 11.9 Å². The van der Waals surface area contributed by atoms with Gasteiger partial charge < -0.3 is 9.47 Å². The largest absolute Gasteiger partial charge is 0.477 e. The number of hydrogen-bond donors (Lipinski definition) is 0. The van der Waals surface area contributed by atoms with E-state index in [0.717, 1.165) is 0 Å². The summed E-state index contributed by atoms with van der Waals surface area (Å²) in [6.45, 7) is 4.32. The number of hydrogen-bond acceptors (Lipinski definition) is 5. The van der Waals surface area contributed by atoms with Crippen molar-refractivity contribution >= 4 is 5.97 Å². The number of ether oxygens (including phenoxy) is 2. The summed E-state index contributed by atoms with van der Waals surface area (Å²) in [5.41, 5.74) is 0.260. The van der Waals surface area contributed by atoms with Crippen molar-refractivity contribution in [3.05, 3.63) is 18.1 Å². The van der Waals surface area contributed by atoms with Gasteiger partial charge in [-0.1, -0.05) is 0 Å². The van der Waals surface area contributed by atoms with Crippen LogP contribution in [0.5, 0.6) is 5.88 Å². The van der Waals surface area contributed by atoms with Crippen LogP contribution in [-0.2, 0) is 4.74 Å². The van der Waals surface area contributed by atoms with Gasteiger partial charge in [-0.3, -0.25) is 0 Å². The molecule has 0 aliphatic carbocycles. The Morgan fingerprint density at radius 3 is 2.86 bits per heavy atom. The summed E-state index contributed by atoms with van der Waals surface area (Å²) < 4.78 is 9.97. The summed E-state index contributed by atoms with van der Waals surface area (Å²) in [6.07, 6.45) is 2.71. The van der Waals surface area contributed by atoms with Crippen LogP contribution in [0.1, 0.15) is 24.2 Å². The average molecular weight is 196 g/mol. The Labute approximate surface area is 82.1 Å². The maximum atomic E-state index is 11.4. The minimum absolute atomic E-state index is 0.260. The second-order valence-corrected chi connectivity index (χ2v) is 2.40. The van der Waals surface area contributed by atoms with E-state index in [1.165, 1.54) is 12.5 Å². The molecule has 5 nitrogen and oxygen atoms in total.